The number of aryl methyl sites for hydroxylation is 1. The van der Waals surface area contributed by atoms with E-state index in [2.05, 4.69) is 26.2 Å². The highest BCUT2D eigenvalue weighted by Gasteiger charge is 2.12. The lowest BCUT2D eigenvalue weighted by atomic mass is 10.2. The molecule has 104 valence electrons. The topological polar surface area (TPSA) is 77.2 Å². The number of ether oxygens (including phenoxy) is 1. The maximum absolute atomic E-state index is 12.2. The molecule has 0 bridgehead atoms. The molecule has 20 heavy (non-hydrogen) atoms. The second-order valence-corrected chi connectivity index (χ2v) is 5.14. The van der Waals surface area contributed by atoms with Gasteiger partial charge >= 0.3 is 0 Å². The third-order valence-corrected chi connectivity index (χ3v) is 3.22. The fraction of sp³-hybridized carbons (Fsp3) is 0.143. The van der Waals surface area contributed by atoms with Crippen molar-refractivity contribution in [2.45, 2.75) is 6.92 Å². The summed E-state index contributed by atoms with van der Waals surface area (Å²) in [7, 11) is 1.61. The molecule has 0 atom stereocenters. The van der Waals surface area contributed by atoms with E-state index < -0.39 is 0 Å². The van der Waals surface area contributed by atoms with E-state index in [-0.39, 0.29) is 11.7 Å². The van der Waals surface area contributed by atoms with Gasteiger partial charge in [0.15, 0.2) is 0 Å². The van der Waals surface area contributed by atoms with Gasteiger partial charge in [0, 0.05) is 16.4 Å². The van der Waals surface area contributed by atoms with Gasteiger partial charge in [0.1, 0.15) is 11.6 Å². The largest absolute Gasteiger partial charge is 0.496 e. The van der Waals surface area contributed by atoms with Gasteiger partial charge in [0.05, 0.1) is 12.7 Å². The molecular weight excluding hydrogens is 322 g/mol. The van der Waals surface area contributed by atoms with Gasteiger partial charge < -0.3 is 15.8 Å². The molecule has 0 radical (unpaired) electrons. The summed E-state index contributed by atoms with van der Waals surface area (Å²) in [6.45, 7) is 1.91. The zero-order valence-electron chi connectivity index (χ0n) is 11.1. The number of nitrogens with two attached hydrogens (primary N) is 1. The number of nitrogens with zero attached hydrogens (tertiary/aromatic N) is 1. The number of pyridine rings is 1. The molecule has 0 spiro atoms. The molecule has 2 rings (SSSR count). The Bertz CT molecular complexity index is 659. The quantitative estimate of drug-likeness (QED) is 0.903. The van der Waals surface area contributed by atoms with E-state index in [1.165, 1.54) is 0 Å². The van der Waals surface area contributed by atoms with Gasteiger partial charge in [-0.25, -0.2) is 4.98 Å². The molecule has 3 N–H and O–H groups in total. The first-order chi connectivity index (χ1) is 9.51. The number of rotatable bonds is 3. The Kier molecular flexibility index (Phi) is 4.24. The van der Waals surface area contributed by atoms with Gasteiger partial charge in [-0.15, -0.1) is 0 Å². The van der Waals surface area contributed by atoms with E-state index in [0.717, 1.165) is 11.3 Å². The second kappa shape index (κ2) is 5.92. The van der Waals surface area contributed by atoms with Crippen molar-refractivity contribution in [2.75, 3.05) is 18.2 Å². The van der Waals surface area contributed by atoms with E-state index in [0.29, 0.717) is 15.7 Å². The van der Waals surface area contributed by atoms with Crippen molar-refractivity contribution in [3.05, 3.63) is 46.1 Å². The van der Waals surface area contributed by atoms with Crippen LogP contribution in [0.5, 0.6) is 5.75 Å². The van der Waals surface area contributed by atoms with Crippen LogP contribution in [0.2, 0.25) is 0 Å². The lowest BCUT2D eigenvalue weighted by molar-refractivity contribution is 0.102. The van der Waals surface area contributed by atoms with Crippen molar-refractivity contribution in [3.8, 4) is 5.75 Å². The van der Waals surface area contributed by atoms with E-state index in [1.54, 1.807) is 31.5 Å². The predicted molar refractivity (Wildman–Crippen MR) is 82.0 cm³/mol. The number of hydrogen-bond donors (Lipinski definition) is 2. The van der Waals surface area contributed by atoms with Gasteiger partial charge in [-0.2, -0.15) is 0 Å². The number of nitrogen functional groups attached to an aromatic ring is 1. The van der Waals surface area contributed by atoms with Crippen LogP contribution >= 0.6 is 15.9 Å². The van der Waals surface area contributed by atoms with Gasteiger partial charge in [-0.3, -0.25) is 4.79 Å². The highest BCUT2D eigenvalue weighted by atomic mass is 79.9. The SMILES string of the molecule is COc1ccc(NC(=O)c2cc(Br)cnc2N)cc1C. The molecule has 0 unspecified atom stereocenters. The molecule has 0 aliphatic rings. The van der Waals surface area contributed by atoms with Gasteiger partial charge in [-0.1, -0.05) is 0 Å². The molecular formula is C14H14BrN3O2. The fourth-order valence-electron chi connectivity index (χ4n) is 1.79. The first-order valence-corrected chi connectivity index (χ1v) is 6.67. The molecule has 1 heterocycles. The van der Waals surface area contributed by atoms with E-state index in [1.807, 2.05) is 13.0 Å². The monoisotopic (exact) mass is 335 g/mol. The zero-order chi connectivity index (χ0) is 14.7. The standard InChI is InChI=1S/C14H14BrN3O2/c1-8-5-10(3-4-12(8)20-2)18-14(19)11-6-9(15)7-17-13(11)16/h3-7H,1-2H3,(H2,16,17)(H,18,19). The van der Waals surface area contributed by atoms with Gasteiger partial charge in [0.2, 0.25) is 0 Å². The van der Waals surface area contributed by atoms with Crippen LogP contribution in [0.3, 0.4) is 0 Å². The molecule has 1 amide bonds. The molecule has 1 aromatic heterocycles. The number of carbonyl (C=O) groups excluding carboxylic acids is 1. The van der Waals surface area contributed by atoms with Crippen LogP contribution in [0.25, 0.3) is 0 Å². The van der Waals surface area contributed by atoms with Crippen LogP contribution in [-0.2, 0) is 0 Å². The summed E-state index contributed by atoms with van der Waals surface area (Å²) in [5.74, 6) is 0.656. The Morgan fingerprint density at radius 2 is 2.15 bits per heavy atom. The zero-order valence-corrected chi connectivity index (χ0v) is 12.7. The summed E-state index contributed by atoms with van der Waals surface area (Å²) in [6, 6.07) is 7.03. The molecule has 2 aromatic rings. The normalized spacial score (nSPS) is 10.2. The Morgan fingerprint density at radius 1 is 1.40 bits per heavy atom. The van der Waals surface area contributed by atoms with Crippen molar-refractivity contribution in [2.24, 2.45) is 0 Å². The smallest absolute Gasteiger partial charge is 0.259 e. The highest BCUT2D eigenvalue weighted by Crippen LogP contribution is 2.23. The number of carbonyl (C=O) groups is 1. The molecule has 5 nitrogen and oxygen atoms in total. The van der Waals surface area contributed by atoms with E-state index in [9.17, 15) is 4.79 Å². The molecule has 0 aliphatic heterocycles. The van der Waals surface area contributed by atoms with Gasteiger partial charge in [0.25, 0.3) is 5.91 Å². The van der Waals surface area contributed by atoms with Crippen LogP contribution in [-0.4, -0.2) is 18.0 Å². The maximum atomic E-state index is 12.2. The minimum atomic E-state index is -0.305. The van der Waals surface area contributed by atoms with Crippen molar-refractivity contribution < 1.29 is 9.53 Å². The Balaban J connectivity index is 2.23. The molecule has 0 fully saturated rings. The van der Waals surface area contributed by atoms with E-state index >= 15 is 0 Å². The number of benzene rings is 1. The Labute approximate surface area is 125 Å². The number of nitrogens with one attached hydrogen (secondary N) is 1. The van der Waals surface area contributed by atoms with Crippen molar-refractivity contribution in [1.82, 2.24) is 4.98 Å². The lowest BCUT2D eigenvalue weighted by Crippen LogP contribution is -2.15. The summed E-state index contributed by atoms with van der Waals surface area (Å²) < 4.78 is 5.87. The van der Waals surface area contributed by atoms with Crippen LogP contribution in [0.1, 0.15) is 15.9 Å². The number of hydrogen-bond acceptors (Lipinski definition) is 4. The molecule has 6 heteroatoms. The summed E-state index contributed by atoms with van der Waals surface area (Å²) in [4.78, 5) is 16.1. The molecule has 1 aromatic carbocycles. The number of anilines is 2. The number of methoxy groups -OCH3 is 1. The van der Waals surface area contributed by atoms with Crippen molar-refractivity contribution >= 4 is 33.3 Å². The van der Waals surface area contributed by atoms with Crippen LogP contribution in [0.15, 0.2) is 34.9 Å². The second-order valence-electron chi connectivity index (χ2n) is 4.22. The Morgan fingerprint density at radius 3 is 2.80 bits per heavy atom. The first kappa shape index (κ1) is 14.3. The minimum Gasteiger partial charge on any atom is -0.496 e. The molecule has 0 aliphatic carbocycles. The first-order valence-electron chi connectivity index (χ1n) is 5.88. The number of amides is 1. The highest BCUT2D eigenvalue weighted by molar-refractivity contribution is 9.10. The summed E-state index contributed by atoms with van der Waals surface area (Å²) >= 11 is 3.27. The van der Waals surface area contributed by atoms with Crippen molar-refractivity contribution in [1.29, 1.82) is 0 Å². The third kappa shape index (κ3) is 3.08. The Hall–Kier alpha value is -2.08. The summed E-state index contributed by atoms with van der Waals surface area (Å²) in [6.07, 6.45) is 1.55. The average Bonchev–Trinajstić information content (AvgIpc) is 2.41. The summed E-state index contributed by atoms with van der Waals surface area (Å²) in [5.41, 5.74) is 7.64. The molecule has 0 saturated carbocycles. The number of halogens is 1. The van der Waals surface area contributed by atoms with Crippen molar-refractivity contribution in [3.63, 3.8) is 0 Å². The third-order valence-electron chi connectivity index (χ3n) is 2.78. The minimum absolute atomic E-state index is 0.191. The lowest BCUT2D eigenvalue weighted by Gasteiger charge is -2.10. The predicted octanol–water partition coefficient (Wildman–Crippen LogP) is 3.00. The molecule has 0 saturated heterocycles. The van der Waals surface area contributed by atoms with Crippen LogP contribution in [0.4, 0.5) is 11.5 Å². The van der Waals surface area contributed by atoms with E-state index in [4.69, 9.17) is 10.5 Å². The maximum Gasteiger partial charge on any atom is 0.259 e. The summed E-state index contributed by atoms with van der Waals surface area (Å²) in [5, 5.41) is 2.78. The fourth-order valence-corrected chi connectivity index (χ4v) is 2.12. The average molecular weight is 336 g/mol. The van der Waals surface area contributed by atoms with Crippen LogP contribution in [0, 0.1) is 6.92 Å². The number of aromatic nitrogens is 1. The van der Waals surface area contributed by atoms with Gasteiger partial charge in [-0.05, 0) is 52.7 Å². The van der Waals surface area contributed by atoms with Crippen LogP contribution < -0.4 is 15.8 Å².